The van der Waals surface area contributed by atoms with Gasteiger partial charge in [0.25, 0.3) is 5.92 Å². The first-order valence-electron chi connectivity index (χ1n) is 7.08. The molecular formula is C14H15ClF6N2O. The first-order valence-corrected chi connectivity index (χ1v) is 7.46. The number of halogens is 7. The summed E-state index contributed by atoms with van der Waals surface area (Å²) in [6, 6.07) is -1.13. The molecule has 0 amide bonds. The number of hydrogen-bond donors (Lipinski definition) is 2. The molecule has 2 N–H and O–H groups in total. The fourth-order valence-corrected chi connectivity index (χ4v) is 2.93. The van der Waals surface area contributed by atoms with Gasteiger partial charge >= 0.3 is 6.18 Å². The van der Waals surface area contributed by atoms with Crippen LogP contribution in [0.15, 0.2) is 12.1 Å². The zero-order valence-corrected chi connectivity index (χ0v) is 13.1. The maximum absolute atomic E-state index is 14.4. The van der Waals surface area contributed by atoms with Crippen LogP contribution in [0.3, 0.4) is 0 Å². The van der Waals surface area contributed by atoms with E-state index in [0.29, 0.717) is 12.1 Å². The minimum Gasteiger partial charge on any atom is -0.390 e. The molecule has 1 aliphatic rings. The third-order valence-electron chi connectivity index (χ3n) is 3.84. The van der Waals surface area contributed by atoms with Crippen molar-refractivity contribution >= 4 is 11.6 Å². The average molecular weight is 377 g/mol. The van der Waals surface area contributed by atoms with E-state index in [4.69, 9.17) is 16.7 Å². The second-order valence-electron chi connectivity index (χ2n) is 5.43. The van der Waals surface area contributed by atoms with Crippen LogP contribution in [0.25, 0.3) is 0 Å². The SMILES string of the molecule is OCC(F)(F)[C@@H](c1c(C(F)(F)F)ccc(Cl)c1F)N1CCNCC1. The molecule has 1 heterocycles. The summed E-state index contributed by atoms with van der Waals surface area (Å²) in [6.45, 7) is -1.26. The molecule has 24 heavy (non-hydrogen) atoms. The molecule has 0 unspecified atom stereocenters. The van der Waals surface area contributed by atoms with E-state index >= 15 is 0 Å². The monoisotopic (exact) mass is 376 g/mol. The predicted octanol–water partition coefficient (Wildman–Crippen LogP) is 3.07. The summed E-state index contributed by atoms with van der Waals surface area (Å²) in [5.74, 6) is -5.54. The van der Waals surface area contributed by atoms with Crippen molar-refractivity contribution in [1.29, 1.82) is 0 Å². The molecule has 0 aliphatic carbocycles. The highest BCUT2D eigenvalue weighted by molar-refractivity contribution is 6.30. The van der Waals surface area contributed by atoms with E-state index in [9.17, 15) is 26.3 Å². The fraction of sp³-hybridized carbons (Fsp3) is 0.571. The van der Waals surface area contributed by atoms with Crippen LogP contribution in [-0.4, -0.2) is 48.7 Å². The number of nitrogens with one attached hydrogen (secondary N) is 1. The summed E-state index contributed by atoms with van der Waals surface area (Å²) in [6.07, 6.45) is -5.04. The second-order valence-corrected chi connectivity index (χ2v) is 5.84. The standard InChI is InChI=1S/C14H15ClF6N2O/c15-9-2-1-8(14(19,20)21)10(11(9)16)12(13(17,18)7-24)23-5-3-22-4-6-23/h1-2,12,22,24H,3-7H2/t12-/m1/s1. The van der Waals surface area contributed by atoms with Gasteiger partial charge in [-0.15, -0.1) is 0 Å². The van der Waals surface area contributed by atoms with Crippen molar-refractivity contribution in [3.05, 3.63) is 34.1 Å². The van der Waals surface area contributed by atoms with Gasteiger partial charge in [0.15, 0.2) is 0 Å². The van der Waals surface area contributed by atoms with Gasteiger partial charge in [0.1, 0.15) is 18.5 Å². The van der Waals surface area contributed by atoms with E-state index in [0.717, 1.165) is 4.90 Å². The maximum Gasteiger partial charge on any atom is 0.416 e. The number of hydrogen-bond acceptors (Lipinski definition) is 3. The number of nitrogens with zero attached hydrogens (tertiary/aromatic N) is 1. The number of piperazine rings is 1. The van der Waals surface area contributed by atoms with Crippen molar-refractivity contribution in [2.24, 2.45) is 0 Å². The zero-order chi connectivity index (χ0) is 18.1. The molecule has 1 atom stereocenters. The highest BCUT2D eigenvalue weighted by Crippen LogP contribution is 2.45. The van der Waals surface area contributed by atoms with Gasteiger partial charge in [0.05, 0.1) is 10.6 Å². The lowest BCUT2D eigenvalue weighted by atomic mass is 9.92. The molecule has 0 radical (unpaired) electrons. The van der Waals surface area contributed by atoms with Crippen LogP contribution in [0, 0.1) is 5.82 Å². The molecule has 0 bridgehead atoms. The minimum atomic E-state index is -5.04. The van der Waals surface area contributed by atoms with E-state index in [1.54, 1.807) is 0 Å². The summed E-state index contributed by atoms with van der Waals surface area (Å²) in [5, 5.41) is 11.2. The lowest BCUT2D eigenvalue weighted by Gasteiger charge is -2.39. The topological polar surface area (TPSA) is 35.5 Å². The Bertz CT molecular complexity index is 589. The first-order chi connectivity index (χ1) is 11.1. The highest BCUT2D eigenvalue weighted by atomic mass is 35.5. The third-order valence-corrected chi connectivity index (χ3v) is 4.13. The van der Waals surface area contributed by atoms with Crippen molar-refractivity contribution < 1.29 is 31.4 Å². The zero-order valence-electron chi connectivity index (χ0n) is 12.3. The number of aliphatic hydroxyl groups excluding tert-OH is 1. The second kappa shape index (κ2) is 7.07. The van der Waals surface area contributed by atoms with Gasteiger partial charge in [-0.25, -0.2) is 13.2 Å². The van der Waals surface area contributed by atoms with Crippen LogP contribution >= 0.6 is 11.6 Å². The van der Waals surface area contributed by atoms with Crippen molar-refractivity contribution in [2.45, 2.75) is 18.1 Å². The molecule has 0 saturated carbocycles. The molecule has 0 aromatic heterocycles. The molecule has 2 rings (SSSR count). The smallest absolute Gasteiger partial charge is 0.390 e. The fourth-order valence-electron chi connectivity index (χ4n) is 2.77. The van der Waals surface area contributed by atoms with Gasteiger partial charge in [-0.2, -0.15) is 13.2 Å². The van der Waals surface area contributed by atoms with E-state index in [1.807, 2.05) is 0 Å². The minimum absolute atomic E-state index is 0.0243. The predicted molar refractivity (Wildman–Crippen MR) is 75.6 cm³/mol. The molecular weight excluding hydrogens is 362 g/mol. The molecule has 0 spiro atoms. The lowest BCUT2D eigenvalue weighted by Crippen LogP contribution is -2.51. The summed E-state index contributed by atoms with van der Waals surface area (Å²) in [5.41, 5.74) is -2.77. The Morgan fingerprint density at radius 1 is 1.17 bits per heavy atom. The molecule has 1 aromatic carbocycles. The molecule has 1 aliphatic heterocycles. The van der Waals surface area contributed by atoms with Crippen LogP contribution in [0.1, 0.15) is 17.2 Å². The van der Waals surface area contributed by atoms with Crippen molar-refractivity contribution in [1.82, 2.24) is 10.2 Å². The Kier molecular flexibility index (Phi) is 5.68. The Morgan fingerprint density at radius 2 is 1.75 bits per heavy atom. The molecule has 1 saturated heterocycles. The van der Waals surface area contributed by atoms with Gasteiger partial charge in [-0.1, -0.05) is 11.6 Å². The normalized spacial score (nSPS) is 18.7. The molecule has 1 aromatic rings. The molecule has 1 fully saturated rings. The van der Waals surface area contributed by atoms with Gasteiger partial charge < -0.3 is 10.4 Å². The number of aliphatic hydroxyl groups is 1. The Labute approximate surface area is 139 Å². The van der Waals surface area contributed by atoms with E-state index in [1.165, 1.54) is 0 Å². The summed E-state index contributed by atoms with van der Waals surface area (Å²) < 4.78 is 82.6. The van der Waals surface area contributed by atoms with Crippen molar-refractivity contribution in [2.75, 3.05) is 32.8 Å². The Hall–Kier alpha value is -1.03. The average Bonchev–Trinajstić information content (AvgIpc) is 2.51. The molecule has 136 valence electrons. The van der Waals surface area contributed by atoms with E-state index < -0.39 is 46.7 Å². The van der Waals surface area contributed by atoms with Gasteiger partial charge in [0.2, 0.25) is 0 Å². The van der Waals surface area contributed by atoms with Gasteiger partial charge in [0, 0.05) is 31.7 Å². The largest absolute Gasteiger partial charge is 0.416 e. The van der Waals surface area contributed by atoms with Gasteiger partial charge in [-0.3, -0.25) is 4.90 Å². The van der Waals surface area contributed by atoms with Crippen LogP contribution in [0.2, 0.25) is 5.02 Å². The van der Waals surface area contributed by atoms with Crippen LogP contribution in [-0.2, 0) is 6.18 Å². The summed E-state index contributed by atoms with van der Waals surface area (Å²) >= 11 is 5.53. The Morgan fingerprint density at radius 3 is 2.25 bits per heavy atom. The summed E-state index contributed by atoms with van der Waals surface area (Å²) in [4.78, 5) is 1.02. The van der Waals surface area contributed by atoms with Crippen LogP contribution in [0.5, 0.6) is 0 Å². The third kappa shape index (κ3) is 3.79. The van der Waals surface area contributed by atoms with Crippen LogP contribution in [0.4, 0.5) is 26.3 Å². The molecule has 3 nitrogen and oxygen atoms in total. The number of alkyl halides is 5. The van der Waals surface area contributed by atoms with Crippen molar-refractivity contribution in [3.63, 3.8) is 0 Å². The van der Waals surface area contributed by atoms with E-state index in [2.05, 4.69) is 5.32 Å². The van der Waals surface area contributed by atoms with Gasteiger partial charge in [-0.05, 0) is 12.1 Å². The molecule has 10 heteroatoms. The maximum atomic E-state index is 14.4. The van der Waals surface area contributed by atoms with E-state index in [-0.39, 0.29) is 26.2 Å². The summed E-state index contributed by atoms with van der Waals surface area (Å²) in [7, 11) is 0. The van der Waals surface area contributed by atoms with Crippen molar-refractivity contribution in [3.8, 4) is 0 Å². The van der Waals surface area contributed by atoms with Crippen LogP contribution < -0.4 is 5.32 Å². The highest BCUT2D eigenvalue weighted by Gasteiger charge is 2.49. The number of rotatable bonds is 4. The quantitative estimate of drug-likeness (QED) is 0.793. The first kappa shape index (κ1) is 19.3. The Balaban J connectivity index is 2.67. The number of benzene rings is 1. The lowest BCUT2D eigenvalue weighted by molar-refractivity contribution is -0.145.